The van der Waals surface area contributed by atoms with Gasteiger partial charge in [-0.1, -0.05) is 18.2 Å². The quantitative estimate of drug-likeness (QED) is 0.612. The van der Waals surface area contributed by atoms with Crippen LogP contribution in [0.1, 0.15) is 24.9 Å². The molecule has 0 N–H and O–H groups in total. The lowest BCUT2D eigenvalue weighted by Gasteiger charge is -2.23. The molecule has 1 nitrogen and oxygen atoms in total. The summed E-state index contributed by atoms with van der Waals surface area (Å²) in [5.74, 6) is 0. The Kier molecular flexibility index (Phi) is 4.57. The maximum absolute atomic E-state index is 2.33. The Balaban J connectivity index is 2.15. The van der Waals surface area contributed by atoms with Gasteiger partial charge in [0.1, 0.15) is 5.29 Å². The summed E-state index contributed by atoms with van der Waals surface area (Å²) >= 11 is 0. The molecule has 0 heterocycles. The monoisotopic (exact) mass is 308 g/mol. The summed E-state index contributed by atoms with van der Waals surface area (Å²) in [6.07, 6.45) is 9.97. The van der Waals surface area contributed by atoms with Gasteiger partial charge in [0.2, 0.25) is 0 Å². The van der Waals surface area contributed by atoms with Crippen molar-refractivity contribution in [2.45, 2.75) is 19.4 Å². The fourth-order valence-corrected chi connectivity index (χ4v) is 5.57. The van der Waals surface area contributed by atoms with Gasteiger partial charge in [0.25, 0.3) is 0 Å². The zero-order valence-corrected chi connectivity index (χ0v) is 14.4. The molecule has 0 saturated heterocycles. The molecule has 0 spiro atoms. The summed E-state index contributed by atoms with van der Waals surface area (Å²) in [5.41, 5.74) is 1.47. The molecule has 22 heavy (non-hydrogen) atoms. The van der Waals surface area contributed by atoms with Gasteiger partial charge in [-0.3, -0.25) is 0 Å². The Hall–Kier alpha value is -1.69. The molecule has 1 aliphatic carbocycles. The number of hydrogen-bond acceptors (Lipinski definition) is 1. The molecule has 2 atom stereocenters. The van der Waals surface area contributed by atoms with Crippen molar-refractivity contribution in [2.24, 2.45) is 0 Å². The Morgan fingerprint density at radius 1 is 1.09 bits per heavy atom. The maximum atomic E-state index is 2.33. The third-order valence-electron chi connectivity index (χ3n) is 4.34. The zero-order valence-electron chi connectivity index (χ0n) is 13.5. The molecule has 0 aliphatic heterocycles. The summed E-state index contributed by atoms with van der Waals surface area (Å²) in [7, 11) is 3.89. The van der Waals surface area contributed by atoms with E-state index < -0.39 is 7.55 Å². The van der Waals surface area contributed by atoms with Crippen molar-refractivity contribution in [3.63, 3.8) is 0 Å². The van der Waals surface area contributed by atoms with E-state index in [4.69, 9.17) is 0 Å². The van der Waals surface area contributed by atoms with Gasteiger partial charge in [-0.15, -0.1) is 23.8 Å². The first-order chi connectivity index (χ1) is 10.7. The van der Waals surface area contributed by atoms with E-state index in [-0.39, 0.29) is 0 Å². The number of hydrogen-bond donors (Lipinski definition) is 0. The Morgan fingerprint density at radius 3 is 2.50 bits per heavy atom. The highest BCUT2D eigenvalue weighted by Gasteiger charge is 2.20. The minimum absolute atomic E-state index is 0.421. The van der Waals surface area contributed by atoms with E-state index in [1.807, 2.05) is 0 Å². The van der Waals surface area contributed by atoms with Gasteiger partial charge in [0, 0.05) is 23.1 Å². The Labute approximate surface area is 134 Å². The lowest BCUT2D eigenvalue weighted by molar-refractivity contribution is 0.323. The van der Waals surface area contributed by atoms with Crippen molar-refractivity contribution >= 4 is 23.4 Å². The van der Waals surface area contributed by atoms with Gasteiger partial charge < -0.3 is 4.90 Å². The van der Waals surface area contributed by atoms with Crippen molar-refractivity contribution in [3.05, 3.63) is 72.3 Å². The van der Waals surface area contributed by atoms with Crippen LogP contribution in [0.3, 0.4) is 0 Å². The van der Waals surface area contributed by atoms with E-state index in [0.29, 0.717) is 6.04 Å². The van der Waals surface area contributed by atoms with Crippen molar-refractivity contribution in [2.75, 3.05) is 14.1 Å². The van der Waals surface area contributed by atoms with Crippen molar-refractivity contribution < 1.29 is 0 Å². The first-order valence-corrected chi connectivity index (χ1v) is 9.15. The average Bonchev–Trinajstić information content (AvgIpc) is 3.20. The van der Waals surface area contributed by atoms with Crippen LogP contribution in [0, 0.1) is 0 Å². The van der Waals surface area contributed by atoms with Crippen LogP contribution in [0.15, 0.2) is 66.8 Å². The molecule has 0 aromatic heterocycles. The first-order valence-electron chi connectivity index (χ1n) is 7.81. The fraction of sp³-hybridized carbons (Fsp3) is 0.250. The summed E-state index contributed by atoms with van der Waals surface area (Å²) < 4.78 is 0. The molecular weight excluding hydrogens is 285 g/mol. The summed E-state index contributed by atoms with van der Waals surface area (Å²) in [6.45, 7) is 2.29. The molecular formula is C20H23NP-. The molecule has 1 aliphatic rings. The third-order valence-corrected chi connectivity index (χ3v) is 6.95. The highest BCUT2D eigenvalue weighted by Crippen LogP contribution is 2.32. The minimum Gasteiger partial charge on any atom is -0.305 e. The second-order valence-corrected chi connectivity index (χ2v) is 8.21. The lowest BCUT2D eigenvalue weighted by atomic mass is 10.1. The minimum atomic E-state index is -0.421. The van der Waals surface area contributed by atoms with Crippen LogP contribution in [0.4, 0.5) is 0 Å². The fourth-order valence-electron chi connectivity index (χ4n) is 2.90. The van der Waals surface area contributed by atoms with Crippen molar-refractivity contribution in [1.29, 1.82) is 0 Å². The van der Waals surface area contributed by atoms with Gasteiger partial charge in [-0.2, -0.15) is 0 Å². The second kappa shape index (κ2) is 6.60. The second-order valence-electron chi connectivity index (χ2n) is 5.97. The normalized spacial score (nSPS) is 18.0. The van der Waals surface area contributed by atoms with Gasteiger partial charge in [-0.25, -0.2) is 24.3 Å². The largest absolute Gasteiger partial charge is 0.305 e. The average molecular weight is 308 g/mol. The van der Waals surface area contributed by atoms with Crippen molar-refractivity contribution in [1.82, 2.24) is 4.90 Å². The van der Waals surface area contributed by atoms with Gasteiger partial charge in [-0.05, 0) is 27.1 Å². The van der Waals surface area contributed by atoms with Crippen LogP contribution in [0.5, 0.6) is 0 Å². The van der Waals surface area contributed by atoms with Gasteiger partial charge in [0.05, 0.1) is 7.55 Å². The molecule has 114 valence electrons. The van der Waals surface area contributed by atoms with Crippen LogP contribution >= 0.6 is 7.55 Å². The summed E-state index contributed by atoms with van der Waals surface area (Å²) in [5, 5.41) is 4.52. The lowest BCUT2D eigenvalue weighted by Crippen LogP contribution is -2.22. The van der Waals surface area contributed by atoms with E-state index in [0.717, 1.165) is 6.42 Å². The summed E-state index contributed by atoms with van der Waals surface area (Å²) in [4.78, 5) is 2.29. The highest BCUT2D eigenvalue weighted by molar-refractivity contribution is 7.74. The van der Waals surface area contributed by atoms with Gasteiger partial charge in [0.15, 0.2) is 0 Å². The SMILES string of the molecule is CC(c1ccc[c-]1[P+](=C1C=CC=CC1)[c-]1cccc1)N(C)C. The topological polar surface area (TPSA) is 3.24 Å². The van der Waals surface area contributed by atoms with Crippen LogP contribution in [0.2, 0.25) is 0 Å². The van der Waals surface area contributed by atoms with E-state index in [1.165, 1.54) is 16.2 Å². The smallest absolute Gasteiger partial charge is 0.112 e. The molecule has 2 aromatic carbocycles. The van der Waals surface area contributed by atoms with Crippen LogP contribution < -0.4 is 10.6 Å². The third kappa shape index (κ3) is 2.92. The number of nitrogens with zero attached hydrogens (tertiary/aromatic N) is 1. The Morgan fingerprint density at radius 2 is 1.86 bits per heavy atom. The standard InChI is InChI=1S/C20H23NP/c1-16(21(2)3)19-14-9-15-20(19)22(18-12-7-8-13-18)17-10-5-4-6-11-17/h4-10,12-16H,11H2,1-3H3/q-1. The molecule has 0 amide bonds. The van der Waals surface area contributed by atoms with E-state index in [1.54, 1.807) is 5.29 Å². The molecule has 0 radical (unpaired) electrons. The predicted molar refractivity (Wildman–Crippen MR) is 100 cm³/mol. The highest BCUT2D eigenvalue weighted by atomic mass is 31.1. The molecule has 0 saturated carbocycles. The van der Waals surface area contributed by atoms with Crippen LogP contribution in [-0.4, -0.2) is 24.3 Å². The van der Waals surface area contributed by atoms with Crippen LogP contribution in [0.25, 0.3) is 0 Å². The molecule has 3 rings (SSSR count). The molecule has 0 bridgehead atoms. The number of rotatable bonds is 4. The maximum Gasteiger partial charge on any atom is 0.112 e. The molecule has 2 aromatic rings. The number of allylic oxidation sites excluding steroid dienone is 4. The van der Waals surface area contributed by atoms with Crippen molar-refractivity contribution in [3.8, 4) is 0 Å². The van der Waals surface area contributed by atoms with E-state index in [9.17, 15) is 0 Å². The zero-order chi connectivity index (χ0) is 15.5. The first kappa shape index (κ1) is 15.2. The predicted octanol–water partition coefficient (Wildman–Crippen LogP) is 3.87. The summed E-state index contributed by atoms with van der Waals surface area (Å²) in [6, 6.07) is 16.1. The van der Waals surface area contributed by atoms with E-state index >= 15 is 0 Å². The Bertz CT molecular complexity index is 711. The molecule has 0 fully saturated rings. The molecule has 2 unspecified atom stereocenters. The van der Waals surface area contributed by atoms with E-state index in [2.05, 4.69) is 92.7 Å². The van der Waals surface area contributed by atoms with Gasteiger partial charge >= 0.3 is 0 Å². The molecule has 2 heteroatoms. The van der Waals surface area contributed by atoms with Crippen LogP contribution in [-0.2, 0) is 0 Å².